The highest BCUT2D eigenvalue weighted by Gasteiger charge is 2.19. The number of carbonyl (C=O) groups is 3. The van der Waals surface area contributed by atoms with Crippen LogP contribution in [0.3, 0.4) is 0 Å². The highest BCUT2D eigenvalue weighted by molar-refractivity contribution is 5.71. The summed E-state index contributed by atoms with van der Waals surface area (Å²) in [5, 5.41) is 0. The molecule has 0 radical (unpaired) electrons. The summed E-state index contributed by atoms with van der Waals surface area (Å²) < 4.78 is 16.9. The van der Waals surface area contributed by atoms with Crippen LogP contribution in [0.15, 0.2) is 72.9 Å². The van der Waals surface area contributed by atoms with Gasteiger partial charge in [-0.15, -0.1) is 0 Å². The number of unbranched alkanes of at least 4 members (excludes halogenated alkanes) is 39. The number of allylic oxidation sites excluding steroid dienone is 12. The third-order valence-electron chi connectivity index (χ3n) is 14.9. The van der Waals surface area contributed by atoms with Gasteiger partial charge in [-0.1, -0.05) is 299 Å². The van der Waals surface area contributed by atoms with E-state index >= 15 is 0 Å². The number of hydrogen-bond donors (Lipinski definition) is 0. The normalized spacial score (nSPS) is 12.5. The number of ether oxygens (including phenoxy) is 3. The Morgan fingerprint density at radius 1 is 0.269 bits per heavy atom. The minimum atomic E-state index is -0.781. The van der Waals surface area contributed by atoms with Crippen molar-refractivity contribution in [2.75, 3.05) is 13.2 Å². The zero-order valence-corrected chi connectivity index (χ0v) is 51.9. The number of esters is 3. The van der Waals surface area contributed by atoms with Crippen molar-refractivity contribution in [1.29, 1.82) is 0 Å². The van der Waals surface area contributed by atoms with Gasteiger partial charge in [-0.25, -0.2) is 0 Å². The minimum Gasteiger partial charge on any atom is -0.462 e. The Bertz CT molecular complexity index is 1440. The van der Waals surface area contributed by atoms with Crippen LogP contribution in [0.1, 0.15) is 348 Å². The Kier molecular flexibility index (Phi) is 63.7. The molecule has 0 N–H and O–H groups in total. The average Bonchev–Trinajstić information content (AvgIpc) is 3.44. The second-order valence-electron chi connectivity index (χ2n) is 22.7. The smallest absolute Gasteiger partial charge is 0.306 e. The maximum absolute atomic E-state index is 12.9. The third kappa shape index (κ3) is 63.7. The van der Waals surface area contributed by atoms with Crippen molar-refractivity contribution in [3.05, 3.63) is 72.9 Å². The monoisotopic (exact) mass is 1090 g/mol. The Labute approximate surface area is 484 Å². The highest BCUT2D eigenvalue weighted by atomic mass is 16.6. The lowest BCUT2D eigenvalue weighted by Gasteiger charge is -2.18. The molecule has 6 nitrogen and oxygen atoms in total. The van der Waals surface area contributed by atoms with Gasteiger partial charge in [-0.3, -0.25) is 14.4 Å². The van der Waals surface area contributed by atoms with Crippen LogP contribution < -0.4 is 0 Å². The van der Waals surface area contributed by atoms with E-state index in [4.69, 9.17) is 14.2 Å². The molecule has 0 heterocycles. The molecule has 1 unspecified atom stereocenters. The summed E-state index contributed by atoms with van der Waals surface area (Å²) in [4.78, 5) is 38.3. The minimum absolute atomic E-state index is 0.0771. The van der Waals surface area contributed by atoms with Crippen LogP contribution in [0.4, 0.5) is 0 Å². The Hall–Kier alpha value is -3.15. The van der Waals surface area contributed by atoms with Gasteiger partial charge in [0.05, 0.1) is 0 Å². The van der Waals surface area contributed by atoms with Gasteiger partial charge >= 0.3 is 17.9 Å². The Morgan fingerprint density at radius 2 is 0.526 bits per heavy atom. The van der Waals surface area contributed by atoms with Gasteiger partial charge in [0, 0.05) is 19.3 Å². The van der Waals surface area contributed by atoms with Gasteiger partial charge < -0.3 is 14.2 Å². The molecule has 0 aromatic carbocycles. The summed E-state index contributed by atoms with van der Waals surface area (Å²) in [5.74, 6) is -0.877. The maximum atomic E-state index is 12.9. The van der Waals surface area contributed by atoms with Crippen molar-refractivity contribution in [3.63, 3.8) is 0 Å². The number of hydrogen-bond acceptors (Lipinski definition) is 6. The van der Waals surface area contributed by atoms with E-state index in [1.165, 1.54) is 212 Å². The summed E-state index contributed by atoms with van der Waals surface area (Å²) in [6, 6.07) is 0. The quantitative estimate of drug-likeness (QED) is 0.0261. The van der Waals surface area contributed by atoms with Gasteiger partial charge in [0.1, 0.15) is 13.2 Å². The predicted octanol–water partition coefficient (Wildman–Crippen LogP) is 23.3. The highest BCUT2D eigenvalue weighted by Crippen LogP contribution is 2.17. The van der Waals surface area contributed by atoms with E-state index in [-0.39, 0.29) is 31.1 Å². The van der Waals surface area contributed by atoms with Crippen LogP contribution in [0.5, 0.6) is 0 Å². The summed E-state index contributed by atoms with van der Waals surface area (Å²) >= 11 is 0. The van der Waals surface area contributed by atoms with E-state index < -0.39 is 6.10 Å². The zero-order chi connectivity index (χ0) is 56.4. The van der Waals surface area contributed by atoms with Crippen LogP contribution in [-0.2, 0) is 28.6 Å². The largest absolute Gasteiger partial charge is 0.462 e. The maximum Gasteiger partial charge on any atom is 0.306 e. The SMILES string of the molecule is CC/C=C\C/C=C\C/C=C\C/C=C\CCCCCCCCCCCCC(=O)OC(COC(=O)CCCCCCC/C=C\CCC)COC(=O)CCCCCCCCCCCCCCCCC/C=C\CCCCCCCCCC. The molecule has 0 aliphatic carbocycles. The molecule has 0 rings (SSSR count). The lowest BCUT2D eigenvalue weighted by atomic mass is 10.0. The molecule has 6 heteroatoms. The molecule has 452 valence electrons. The van der Waals surface area contributed by atoms with Gasteiger partial charge in [0.15, 0.2) is 6.10 Å². The first-order chi connectivity index (χ1) is 38.5. The van der Waals surface area contributed by atoms with Crippen molar-refractivity contribution >= 4 is 17.9 Å². The molecule has 0 aromatic rings. The molecule has 0 aromatic heterocycles. The molecule has 0 bridgehead atoms. The second-order valence-corrected chi connectivity index (χ2v) is 22.7. The topological polar surface area (TPSA) is 78.9 Å². The standard InChI is InChI=1S/C72H128O6/c1-4-7-10-13-16-19-22-24-26-28-30-32-34-35-36-37-39-40-42-44-46-48-50-53-56-59-62-65-71(74)77-68-69(67-76-70(73)64-61-58-55-52-21-18-15-12-9-6-3)78-72(75)66-63-60-57-54-51-49-47-45-43-41-38-33-31-29-27-25-23-20-17-14-11-8-5-2/h8,11-12,15,17,20,25,27-28,30-31,33,69H,4-7,9-10,13-14,16,18-19,21-24,26,29,32,34-68H2,1-3H3/b11-8-,15-12-,20-17-,27-25-,30-28-,33-31-. The summed E-state index contributed by atoms with van der Waals surface area (Å²) in [6.45, 7) is 6.50. The first-order valence-electron chi connectivity index (χ1n) is 33.9. The lowest BCUT2D eigenvalue weighted by Crippen LogP contribution is -2.30. The van der Waals surface area contributed by atoms with Gasteiger partial charge in [0.25, 0.3) is 0 Å². The first kappa shape index (κ1) is 74.8. The summed E-state index contributed by atoms with van der Waals surface area (Å²) in [6.07, 6.45) is 86.5. The van der Waals surface area contributed by atoms with Gasteiger partial charge in [-0.2, -0.15) is 0 Å². The van der Waals surface area contributed by atoms with Gasteiger partial charge in [0.2, 0.25) is 0 Å². The van der Waals surface area contributed by atoms with Crippen molar-refractivity contribution in [1.82, 2.24) is 0 Å². The lowest BCUT2D eigenvalue weighted by molar-refractivity contribution is -0.167. The van der Waals surface area contributed by atoms with Crippen molar-refractivity contribution < 1.29 is 28.6 Å². The van der Waals surface area contributed by atoms with Crippen LogP contribution in [0.25, 0.3) is 0 Å². The molecule has 0 aliphatic heterocycles. The summed E-state index contributed by atoms with van der Waals surface area (Å²) in [7, 11) is 0. The third-order valence-corrected chi connectivity index (χ3v) is 14.9. The number of rotatable bonds is 62. The fourth-order valence-corrected chi connectivity index (χ4v) is 9.85. The molecule has 78 heavy (non-hydrogen) atoms. The van der Waals surface area contributed by atoms with Crippen LogP contribution in [-0.4, -0.2) is 37.2 Å². The second kappa shape index (κ2) is 66.4. The first-order valence-corrected chi connectivity index (χ1v) is 33.9. The Balaban J connectivity index is 4.18. The molecule has 0 aliphatic rings. The van der Waals surface area contributed by atoms with E-state index in [9.17, 15) is 14.4 Å². The van der Waals surface area contributed by atoms with Crippen molar-refractivity contribution in [2.24, 2.45) is 0 Å². The van der Waals surface area contributed by atoms with E-state index in [0.29, 0.717) is 19.3 Å². The van der Waals surface area contributed by atoms with E-state index in [1.54, 1.807) is 0 Å². The average molecular weight is 1090 g/mol. The molecule has 1 atom stereocenters. The molecular weight excluding hydrogens is 961 g/mol. The molecule has 0 amide bonds. The molecule has 0 spiro atoms. The molecule has 0 saturated heterocycles. The van der Waals surface area contributed by atoms with Crippen molar-refractivity contribution in [2.45, 2.75) is 354 Å². The van der Waals surface area contributed by atoms with Gasteiger partial charge in [-0.05, 0) is 103 Å². The van der Waals surface area contributed by atoms with Crippen molar-refractivity contribution in [3.8, 4) is 0 Å². The summed E-state index contributed by atoms with van der Waals surface area (Å²) in [5.41, 5.74) is 0. The van der Waals surface area contributed by atoms with Crippen LogP contribution in [0, 0.1) is 0 Å². The Morgan fingerprint density at radius 3 is 0.846 bits per heavy atom. The zero-order valence-electron chi connectivity index (χ0n) is 51.9. The fraction of sp³-hybridized carbons (Fsp3) is 0.792. The molecule has 0 fully saturated rings. The van der Waals surface area contributed by atoms with Crippen LogP contribution in [0.2, 0.25) is 0 Å². The van der Waals surface area contributed by atoms with E-state index in [1.807, 2.05) is 0 Å². The fourth-order valence-electron chi connectivity index (χ4n) is 9.85. The molecular formula is C72H128O6. The van der Waals surface area contributed by atoms with Crippen LogP contribution >= 0.6 is 0 Å². The molecule has 0 saturated carbocycles. The predicted molar refractivity (Wildman–Crippen MR) is 339 cm³/mol. The van der Waals surface area contributed by atoms with E-state index in [0.717, 1.165) is 96.3 Å². The number of carbonyl (C=O) groups excluding carboxylic acids is 3. The van der Waals surface area contributed by atoms with E-state index in [2.05, 4.69) is 93.7 Å².